The van der Waals surface area contributed by atoms with Crippen LogP contribution < -0.4 is 0 Å². The average Bonchev–Trinajstić information content (AvgIpc) is 2.57. The number of hydrogen-bond donors (Lipinski definition) is 0. The Hall–Kier alpha value is -2.46. The number of carbonyl (C=O) groups excluding carboxylic acids is 2. The molecule has 0 aromatic carbocycles. The van der Waals surface area contributed by atoms with Gasteiger partial charge >= 0.3 is 11.9 Å². The van der Waals surface area contributed by atoms with Crippen molar-refractivity contribution >= 4 is 11.9 Å². The van der Waals surface area contributed by atoms with E-state index in [0.717, 1.165) is 0 Å². The van der Waals surface area contributed by atoms with E-state index in [9.17, 15) is 9.59 Å². The van der Waals surface area contributed by atoms with E-state index in [0.29, 0.717) is 17.7 Å². The van der Waals surface area contributed by atoms with Gasteiger partial charge in [0.2, 0.25) is 0 Å². The zero-order chi connectivity index (χ0) is 18.6. The molecule has 1 aliphatic heterocycles. The number of pyridine rings is 1. The molecule has 1 saturated heterocycles. The minimum Gasteiger partial charge on any atom is -0.458 e. The van der Waals surface area contributed by atoms with Gasteiger partial charge in [0.15, 0.2) is 6.10 Å². The normalized spacial score (nSPS) is 28.7. The predicted molar refractivity (Wildman–Crippen MR) is 87.1 cm³/mol. The third kappa shape index (κ3) is 4.34. The fourth-order valence-corrected chi connectivity index (χ4v) is 3.14. The number of esters is 2. The van der Waals surface area contributed by atoms with Crippen LogP contribution in [0.5, 0.6) is 0 Å². The summed E-state index contributed by atoms with van der Waals surface area (Å²) < 4.78 is 17.0. The molecule has 0 bridgehead atoms. The van der Waals surface area contributed by atoms with E-state index in [1.54, 1.807) is 12.1 Å². The molecule has 1 aromatic rings. The summed E-state index contributed by atoms with van der Waals surface area (Å²) in [5.41, 5.74) is 0.888. The second kappa shape index (κ2) is 8.08. The molecule has 0 amide bonds. The van der Waals surface area contributed by atoms with Gasteiger partial charge in [-0.1, -0.05) is 13.8 Å². The molecule has 2 rings (SSSR count). The fraction of sp³-hybridized carbons (Fsp3) is 0.556. The first-order chi connectivity index (χ1) is 11.9. The largest absolute Gasteiger partial charge is 0.458 e. The second-order valence-corrected chi connectivity index (χ2v) is 6.09. The summed E-state index contributed by atoms with van der Waals surface area (Å²) >= 11 is 0. The lowest BCUT2D eigenvalue weighted by atomic mass is 9.85. The lowest BCUT2D eigenvalue weighted by Gasteiger charge is -2.44. The Morgan fingerprint density at radius 2 is 1.92 bits per heavy atom. The third-order valence-corrected chi connectivity index (χ3v) is 4.26. The Labute approximate surface area is 146 Å². The molecular weight excluding hydrogens is 324 g/mol. The van der Waals surface area contributed by atoms with Gasteiger partial charge in [-0.15, -0.1) is 0 Å². The van der Waals surface area contributed by atoms with Crippen molar-refractivity contribution in [1.29, 1.82) is 5.26 Å². The van der Waals surface area contributed by atoms with Crippen LogP contribution in [0, 0.1) is 17.2 Å². The molecule has 0 aliphatic carbocycles. The molecule has 1 aliphatic rings. The fourth-order valence-electron chi connectivity index (χ4n) is 3.14. The van der Waals surface area contributed by atoms with Gasteiger partial charge < -0.3 is 14.2 Å². The number of nitriles is 1. The van der Waals surface area contributed by atoms with Crippen LogP contribution in [0.2, 0.25) is 0 Å². The number of rotatable bonds is 4. The van der Waals surface area contributed by atoms with Crippen LogP contribution in [-0.4, -0.2) is 35.2 Å². The molecular formula is C18H22N2O5. The number of ether oxygens (including phenoxy) is 3. The van der Waals surface area contributed by atoms with Gasteiger partial charge in [0.1, 0.15) is 12.2 Å². The van der Waals surface area contributed by atoms with Gasteiger partial charge in [0, 0.05) is 26.0 Å². The van der Waals surface area contributed by atoms with Crippen LogP contribution in [-0.2, 0) is 23.8 Å². The van der Waals surface area contributed by atoms with E-state index < -0.39 is 30.3 Å². The molecule has 1 fully saturated rings. The smallest absolute Gasteiger partial charge is 0.303 e. The zero-order valence-electron chi connectivity index (χ0n) is 14.8. The molecule has 0 saturated carbocycles. The molecule has 7 heteroatoms. The van der Waals surface area contributed by atoms with E-state index in [4.69, 9.17) is 19.5 Å². The Morgan fingerprint density at radius 3 is 2.48 bits per heavy atom. The molecule has 0 N–H and O–H groups in total. The summed E-state index contributed by atoms with van der Waals surface area (Å²) in [4.78, 5) is 27.4. The van der Waals surface area contributed by atoms with E-state index >= 15 is 0 Å². The predicted octanol–water partition coefficient (Wildman–Crippen LogP) is 2.30. The minimum atomic E-state index is -0.833. The summed E-state index contributed by atoms with van der Waals surface area (Å²) in [6.45, 7) is 6.47. The second-order valence-electron chi connectivity index (χ2n) is 6.09. The van der Waals surface area contributed by atoms with E-state index in [1.807, 2.05) is 13.8 Å². The van der Waals surface area contributed by atoms with Crippen LogP contribution in [0.3, 0.4) is 0 Å². The van der Waals surface area contributed by atoms with E-state index in [-0.39, 0.29) is 12.0 Å². The van der Waals surface area contributed by atoms with Crippen molar-refractivity contribution in [3.63, 3.8) is 0 Å². The summed E-state index contributed by atoms with van der Waals surface area (Å²) in [7, 11) is 0. The highest BCUT2D eigenvalue weighted by Crippen LogP contribution is 2.39. The summed E-state index contributed by atoms with van der Waals surface area (Å²) in [5, 5.41) is 9.11. The standard InChI is InChI=1S/C18H22N2O5/c1-5-15-10(2)16(23-11(3)21)18(24-12(4)22)17(25-15)14-8-13(9-19)6-7-20-14/h6-8,10,15-18H,5H2,1-4H3/t10-,15-,16+,17-,18-/m1/s1. The van der Waals surface area contributed by atoms with Crippen molar-refractivity contribution in [2.24, 2.45) is 5.92 Å². The Kier molecular flexibility index (Phi) is 6.10. The van der Waals surface area contributed by atoms with Gasteiger partial charge in [-0.2, -0.15) is 5.26 Å². The molecule has 0 spiro atoms. The summed E-state index contributed by atoms with van der Waals surface area (Å²) in [5.74, 6) is -1.12. The number of aromatic nitrogens is 1. The number of nitrogens with zero attached hydrogens (tertiary/aromatic N) is 2. The van der Waals surface area contributed by atoms with Crippen molar-refractivity contribution in [2.45, 2.75) is 58.5 Å². The van der Waals surface area contributed by atoms with Crippen molar-refractivity contribution in [3.05, 3.63) is 29.6 Å². The third-order valence-electron chi connectivity index (χ3n) is 4.26. The molecule has 1 aromatic heterocycles. The zero-order valence-corrected chi connectivity index (χ0v) is 14.8. The van der Waals surface area contributed by atoms with E-state index in [1.165, 1.54) is 20.0 Å². The highest BCUT2D eigenvalue weighted by molar-refractivity contribution is 5.67. The van der Waals surface area contributed by atoms with Crippen molar-refractivity contribution in [3.8, 4) is 6.07 Å². The molecule has 5 atom stereocenters. The van der Waals surface area contributed by atoms with Crippen molar-refractivity contribution in [2.75, 3.05) is 0 Å². The maximum Gasteiger partial charge on any atom is 0.303 e. The van der Waals surface area contributed by atoms with Crippen molar-refractivity contribution < 1.29 is 23.8 Å². The van der Waals surface area contributed by atoms with Crippen LogP contribution in [0.15, 0.2) is 18.3 Å². The molecule has 0 unspecified atom stereocenters. The minimum absolute atomic E-state index is 0.159. The summed E-state index contributed by atoms with van der Waals surface area (Å²) in [6, 6.07) is 5.22. The van der Waals surface area contributed by atoms with Crippen LogP contribution in [0.1, 0.15) is 51.5 Å². The first-order valence-corrected chi connectivity index (χ1v) is 8.23. The first kappa shape index (κ1) is 18.9. The first-order valence-electron chi connectivity index (χ1n) is 8.23. The molecule has 25 heavy (non-hydrogen) atoms. The molecule has 134 valence electrons. The Morgan fingerprint density at radius 1 is 1.28 bits per heavy atom. The van der Waals surface area contributed by atoms with Gasteiger partial charge in [-0.3, -0.25) is 14.6 Å². The number of carbonyl (C=O) groups is 2. The quantitative estimate of drug-likeness (QED) is 0.771. The van der Waals surface area contributed by atoms with Crippen LogP contribution >= 0.6 is 0 Å². The molecule has 7 nitrogen and oxygen atoms in total. The van der Waals surface area contributed by atoms with Crippen LogP contribution in [0.25, 0.3) is 0 Å². The van der Waals surface area contributed by atoms with Crippen molar-refractivity contribution in [1.82, 2.24) is 4.98 Å². The summed E-state index contributed by atoms with van der Waals surface area (Å²) in [6.07, 6.45) is -0.211. The Bertz CT molecular complexity index is 684. The van der Waals surface area contributed by atoms with Gasteiger partial charge in [0.05, 0.1) is 23.4 Å². The van der Waals surface area contributed by atoms with Crippen LogP contribution in [0.4, 0.5) is 0 Å². The number of hydrogen-bond acceptors (Lipinski definition) is 7. The monoisotopic (exact) mass is 346 g/mol. The lowest BCUT2D eigenvalue weighted by Crippen LogP contribution is -2.53. The average molecular weight is 346 g/mol. The highest BCUT2D eigenvalue weighted by Gasteiger charge is 2.48. The highest BCUT2D eigenvalue weighted by atomic mass is 16.6. The van der Waals surface area contributed by atoms with Gasteiger partial charge in [-0.25, -0.2) is 0 Å². The lowest BCUT2D eigenvalue weighted by molar-refractivity contribution is -0.226. The van der Waals surface area contributed by atoms with E-state index in [2.05, 4.69) is 11.1 Å². The van der Waals surface area contributed by atoms with Gasteiger partial charge in [-0.05, 0) is 18.6 Å². The molecule has 2 heterocycles. The topological polar surface area (TPSA) is 98.5 Å². The maximum absolute atomic E-state index is 11.6. The molecule has 0 radical (unpaired) electrons. The van der Waals surface area contributed by atoms with Gasteiger partial charge in [0.25, 0.3) is 0 Å². The Balaban J connectivity index is 2.46. The maximum atomic E-state index is 11.6. The SMILES string of the molecule is CC[C@H]1O[C@H](c2cc(C#N)ccn2)[C@H](OC(C)=O)[C@@H](OC(C)=O)[C@@H]1C.